The van der Waals surface area contributed by atoms with E-state index in [1.54, 1.807) is 0 Å². The van der Waals surface area contributed by atoms with Crippen molar-refractivity contribution in [2.45, 2.75) is 51.9 Å². The van der Waals surface area contributed by atoms with Crippen molar-refractivity contribution >= 4 is 16.7 Å². The summed E-state index contributed by atoms with van der Waals surface area (Å²) in [6, 6.07) is 12.6. The summed E-state index contributed by atoms with van der Waals surface area (Å²) in [4.78, 5) is 27.4. The van der Waals surface area contributed by atoms with Gasteiger partial charge in [0.05, 0.1) is 11.2 Å². The van der Waals surface area contributed by atoms with E-state index in [1.807, 2.05) is 6.07 Å². The fourth-order valence-electron chi connectivity index (χ4n) is 5.37. The third-order valence-electron chi connectivity index (χ3n) is 7.44. The van der Waals surface area contributed by atoms with Gasteiger partial charge in [-0.2, -0.15) is 0 Å². The third kappa shape index (κ3) is 4.94. The van der Waals surface area contributed by atoms with Gasteiger partial charge in [0.25, 0.3) is 5.56 Å². The molecule has 1 aromatic carbocycles. The zero-order chi connectivity index (χ0) is 23.5. The number of pyridine rings is 1. The number of hydrogen-bond donors (Lipinski definition) is 1. The predicted molar refractivity (Wildman–Crippen MR) is 138 cm³/mol. The van der Waals surface area contributed by atoms with E-state index < -0.39 is 0 Å². The van der Waals surface area contributed by atoms with E-state index in [1.165, 1.54) is 10.1 Å². The van der Waals surface area contributed by atoms with Crippen LogP contribution in [-0.4, -0.2) is 52.3 Å². The molecule has 0 amide bonds. The molecule has 0 bridgehead atoms. The van der Waals surface area contributed by atoms with Crippen LogP contribution in [-0.2, 0) is 19.3 Å². The van der Waals surface area contributed by atoms with Crippen molar-refractivity contribution in [2.24, 2.45) is 5.92 Å². The number of nitrogens with two attached hydrogens (primary N) is 1. The number of nitrogen functional groups attached to an aromatic ring is 1. The number of benzene rings is 1. The molecule has 0 saturated carbocycles. The minimum atomic E-state index is -0.0350. The van der Waals surface area contributed by atoms with Crippen molar-refractivity contribution in [3.05, 3.63) is 63.8 Å². The van der Waals surface area contributed by atoms with Crippen LogP contribution < -0.4 is 16.3 Å². The fourth-order valence-corrected chi connectivity index (χ4v) is 5.37. The maximum Gasteiger partial charge on any atom is 0.275 e. The predicted octanol–water partition coefficient (Wildman–Crippen LogP) is 3.17. The molecule has 0 spiro atoms. The van der Waals surface area contributed by atoms with Crippen LogP contribution in [0, 0.1) is 5.92 Å². The Morgan fingerprint density at radius 1 is 1.03 bits per heavy atom. The zero-order valence-electron chi connectivity index (χ0n) is 20.2. The van der Waals surface area contributed by atoms with Crippen LogP contribution in [0.1, 0.15) is 49.7 Å². The lowest BCUT2D eigenvalue weighted by molar-refractivity contribution is 0.252. The summed E-state index contributed by atoms with van der Waals surface area (Å²) in [7, 11) is 0. The molecule has 3 heterocycles. The maximum absolute atomic E-state index is 12.8. The molecule has 3 aromatic rings. The largest absolute Gasteiger partial charge is 0.354 e. The van der Waals surface area contributed by atoms with Gasteiger partial charge in [-0.15, -0.1) is 0 Å². The molecule has 5 rings (SSSR count). The van der Waals surface area contributed by atoms with E-state index in [-0.39, 0.29) is 5.56 Å². The van der Waals surface area contributed by atoms with Gasteiger partial charge in [-0.1, -0.05) is 31.5 Å². The minimum Gasteiger partial charge on any atom is -0.354 e. The summed E-state index contributed by atoms with van der Waals surface area (Å²) in [5.74, 6) is 8.49. The first-order chi connectivity index (χ1) is 16.6. The number of rotatable bonds is 6. The molecule has 34 heavy (non-hydrogen) atoms. The Hall–Kier alpha value is -2.93. The van der Waals surface area contributed by atoms with E-state index in [4.69, 9.17) is 15.8 Å². The van der Waals surface area contributed by atoms with E-state index >= 15 is 0 Å². The average molecular weight is 461 g/mol. The Kier molecular flexibility index (Phi) is 6.81. The Bertz CT molecular complexity index is 1200. The summed E-state index contributed by atoms with van der Waals surface area (Å²) in [6.07, 6.45) is 6.80. The molecule has 1 aliphatic carbocycles. The molecule has 7 nitrogen and oxygen atoms in total. The summed E-state index contributed by atoms with van der Waals surface area (Å²) < 4.78 is 1.31. The standard InChI is InChI=1S/C27H36N6O/c1-20-7-6-10-24-22(19-20)27(34)33(28)26(30-24)11-4-5-14-31-15-17-32(18-16-31)25-13-12-21-8-2-3-9-23(21)29-25/h2-3,8-9,12-13,20H,4-7,10-11,14-19,28H2,1H3. The quantitative estimate of drug-likeness (QED) is 0.346. The highest BCUT2D eigenvalue weighted by atomic mass is 16.1. The second-order valence-electron chi connectivity index (χ2n) is 9.98. The number of aryl methyl sites for hydroxylation is 2. The van der Waals surface area contributed by atoms with Crippen LogP contribution in [0.3, 0.4) is 0 Å². The highest BCUT2D eigenvalue weighted by Crippen LogP contribution is 2.22. The molecule has 7 heteroatoms. The monoisotopic (exact) mass is 460 g/mol. The van der Waals surface area contributed by atoms with Crippen molar-refractivity contribution in [1.82, 2.24) is 19.5 Å². The van der Waals surface area contributed by atoms with Gasteiger partial charge < -0.3 is 10.7 Å². The van der Waals surface area contributed by atoms with Gasteiger partial charge in [0, 0.05) is 43.5 Å². The number of nitrogens with zero attached hydrogens (tertiary/aromatic N) is 5. The number of para-hydroxylation sites is 1. The lowest BCUT2D eigenvalue weighted by Gasteiger charge is -2.35. The highest BCUT2D eigenvalue weighted by Gasteiger charge is 2.21. The van der Waals surface area contributed by atoms with Crippen LogP contribution in [0.5, 0.6) is 0 Å². The molecule has 2 aliphatic rings. The molecule has 2 N–H and O–H groups in total. The van der Waals surface area contributed by atoms with Crippen molar-refractivity contribution in [2.75, 3.05) is 43.5 Å². The maximum atomic E-state index is 12.8. The first-order valence-corrected chi connectivity index (χ1v) is 12.8. The molecule has 1 unspecified atom stereocenters. The molecule has 0 radical (unpaired) electrons. The van der Waals surface area contributed by atoms with Crippen LogP contribution >= 0.6 is 0 Å². The molecule has 1 saturated heterocycles. The molecule has 180 valence electrons. The van der Waals surface area contributed by atoms with Crippen LogP contribution in [0.15, 0.2) is 41.2 Å². The molecule has 1 aliphatic heterocycles. The normalized spacial score (nSPS) is 19.2. The molecular formula is C27H36N6O. The van der Waals surface area contributed by atoms with Crippen molar-refractivity contribution in [3.8, 4) is 0 Å². The SMILES string of the molecule is CC1CCCc2nc(CCCCN3CCN(c4ccc5ccccc5n4)CC3)n(N)c(=O)c2C1. The Morgan fingerprint density at radius 3 is 2.71 bits per heavy atom. The highest BCUT2D eigenvalue weighted by molar-refractivity contribution is 5.80. The topological polar surface area (TPSA) is 80.3 Å². The average Bonchev–Trinajstić information content (AvgIpc) is 3.05. The van der Waals surface area contributed by atoms with Gasteiger partial charge in [-0.3, -0.25) is 9.69 Å². The number of fused-ring (bicyclic) bond motifs is 2. The number of hydrogen-bond acceptors (Lipinski definition) is 6. The third-order valence-corrected chi connectivity index (χ3v) is 7.44. The van der Waals surface area contributed by atoms with Crippen molar-refractivity contribution in [3.63, 3.8) is 0 Å². The Morgan fingerprint density at radius 2 is 1.85 bits per heavy atom. The van der Waals surface area contributed by atoms with Crippen molar-refractivity contribution in [1.29, 1.82) is 0 Å². The van der Waals surface area contributed by atoms with E-state index in [0.29, 0.717) is 5.92 Å². The molecule has 1 fully saturated rings. The smallest absolute Gasteiger partial charge is 0.275 e. The number of aromatic nitrogens is 3. The zero-order valence-corrected chi connectivity index (χ0v) is 20.2. The van der Waals surface area contributed by atoms with Gasteiger partial charge in [-0.25, -0.2) is 14.6 Å². The van der Waals surface area contributed by atoms with Crippen molar-refractivity contribution < 1.29 is 0 Å². The molecule has 2 aromatic heterocycles. The Labute approximate surface area is 201 Å². The number of anilines is 1. The summed E-state index contributed by atoms with van der Waals surface area (Å²) in [5, 5.41) is 1.19. The summed E-state index contributed by atoms with van der Waals surface area (Å²) in [5.41, 5.74) is 2.85. The number of piperazine rings is 1. The first kappa shape index (κ1) is 22.8. The van der Waals surface area contributed by atoms with E-state index in [2.05, 4.69) is 47.1 Å². The van der Waals surface area contributed by atoms with E-state index in [9.17, 15) is 4.79 Å². The molecule has 1 atom stereocenters. The Balaban J connectivity index is 1.11. The van der Waals surface area contributed by atoms with Crippen LogP contribution in [0.2, 0.25) is 0 Å². The first-order valence-electron chi connectivity index (χ1n) is 12.8. The molecular weight excluding hydrogens is 424 g/mol. The van der Waals surface area contributed by atoms with Gasteiger partial charge in [0.1, 0.15) is 11.6 Å². The van der Waals surface area contributed by atoms with Gasteiger partial charge in [0.2, 0.25) is 0 Å². The van der Waals surface area contributed by atoms with Gasteiger partial charge >= 0.3 is 0 Å². The van der Waals surface area contributed by atoms with Gasteiger partial charge in [0.15, 0.2) is 0 Å². The lowest BCUT2D eigenvalue weighted by Crippen LogP contribution is -2.46. The second-order valence-corrected chi connectivity index (χ2v) is 9.98. The summed E-state index contributed by atoms with van der Waals surface area (Å²) >= 11 is 0. The summed E-state index contributed by atoms with van der Waals surface area (Å²) in [6.45, 7) is 7.37. The second kappa shape index (κ2) is 10.1. The lowest BCUT2D eigenvalue weighted by atomic mass is 10.0. The van der Waals surface area contributed by atoms with Crippen LogP contribution in [0.25, 0.3) is 10.9 Å². The van der Waals surface area contributed by atoms with E-state index in [0.717, 1.165) is 106 Å². The van der Waals surface area contributed by atoms with Crippen LogP contribution in [0.4, 0.5) is 5.82 Å². The fraction of sp³-hybridized carbons (Fsp3) is 0.519. The minimum absolute atomic E-state index is 0.0350. The van der Waals surface area contributed by atoms with Gasteiger partial charge in [-0.05, 0) is 62.8 Å². The number of unbranched alkanes of at least 4 members (excludes halogenated alkanes) is 1.